The van der Waals surface area contributed by atoms with Gasteiger partial charge in [0, 0.05) is 0 Å². The van der Waals surface area contributed by atoms with Gasteiger partial charge in [-0.2, -0.15) is 22.2 Å². The Bertz CT molecular complexity index is 324. The summed E-state index contributed by atoms with van der Waals surface area (Å²) < 4.78 is 0. The Morgan fingerprint density at radius 2 is 0.565 bits per heavy atom. The van der Waals surface area contributed by atoms with Crippen molar-refractivity contribution in [2.45, 2.75) is 116 Å². The highest BCUT2D eigenvalue weighted by molar-refractivity contribution is 7.86. The topological polar surface area (TPSA) is 0 Å². The van der Waals surface area contributed by atoms with Gasteiger partial charge < -0.3 is 0 Å². The van der Waals surface area contributed by atoms with E-state index < -0.39 is 20.9 Å². The monoisotopic (exact) mass is 412 g/mol. The van der Waals surface area contributed by atoms with Crippen LogP contribution in [0, 0.1) is 0 Å². The van der Waals surface area contributed by atoms with Gasteiger partial charge in [0.15, 0.2) is 13.8 Å². The van der Waals surface area contributed by atoms with Crippen molar-refractivity contribution in [2.24, 2.45) is 0 Å². The maximum Gasteiger partial charge on any atom is 0.151 e. The van der Waals surface area contributed by atoms with Crippen LogP contribution in [-0.4, -0.2) is 20.9 Å². The maximum atomic E-state index is 7.85. The van der Waals surface area contributed by atoms with Gasteiger partial charge in [0.2, 0.25) is 0 Å². The SMILES string of the molecule is CC(C)[Si](Cl)(C(C)C)[Si](C(C)C)(C(C)C)[Si](Cl)(C(C)C)C(C)C. The lowest BCUT2D eigenvalue weighted by Crippen LogP contribution is -2.80. The van der Waals surface area contributed by atoms with Gasteiger partial charge in [0.1, 0.15) is 0 Å². The maximum absolute atomic E-state index is 7.85. The zero-order valence-electron chi connectivity index (χ0n) is 17.7. The first-order valence-electron chi connectivity index (χ1n) is 9.54. The van der Waals surface area contributed by atoms with Crippen LogP contribution in [0.4, 0.5) is 0 Å². The third kappa shape index (κ3) is 3.43. The number of hydrogen-bond donors (Lipinski definition) is 0. The molecule has 0 bridgehead atoms. The number of rotatable bonds is 8. The van der Waals surface area contributed by atoms with Crippen LogP contribution >= 0.6 is 22.2 Å². The van der Waals surface area contributed by atoms with Crippen LogP contribution in [0.15, 0.2) is 0 Å². The fourth-order valence-electron chi connectivity index (χ4n) is 5.97. The Labute approximate surface area is 159 Å². The molecule has 0 nitrogen and oxygen atoms in total. The van der Waals surface area contributed by atoms with E-state index in [2.05, 4.69) is 83.1 Å². The van der Waals surface area contributed by atoms with Gasteiger partial charge in [-0.25, -0.2) is 0 Å². The molecule has 0 aliphatic heterocycles. The second kappa shape index (κ2) is 8.28. The van der Waals surface area contributed by atoms with Crippen molar-refractivity contribution < 1.29 is 0 Å². The molecule has 0 spiro atoms. The smallest absolute Gasteiger partial charge is 0.151 e. The van der Waals surface area contributed by atoms with E-state index in [4.69, 9.17) is 22.2 Å². The molecule has 0 amide bonds. The van der Waals surface area contributed by atoms with E-state index in [0.717, 1.165) is 0 Å². The molecule has 0 aromatic heterocycles. The molecule has 0 radical (unpaired) electrons. The largest absolute Gasteiger partial charge is 0.170 e. The average molecular weight is 414 g/mol. The summed E-state index contributed by atoms with van der Waals surface area (Å²) in [6.07, 6.45) is 0. The molecule has 140 valence electrons. The van der Waals surface area contributed by atoms with Gasteiger partial charge in [0.05, 0.1) is 7.11 Å². The summed E-state index contributed by atoms with van der Waals surface area (Å²) in [6.45, 7) is 24.9. The van der Waals surface area contributed by atoms with Crippen LogP contribution in [-0.2, 0) is 0 Å². The Balaban J connectivity index is 7.05. The zero-order valence-corrected chi connectivity index (χ0v) is 22.2. The Morgan fingerprint density at radius 1 is 0.391 bits per heavy atom. The predicted octanol–water partition coefficient (Wildman–Crippen LogP) is 8.42. The Kier molecular flexibility index (Phi) is 8.73. The lowest BCUT2D eigenvalue weighted by Gasteiger charge is -2.62. The van der Waals surface area contributed by atoms with Crippen LogP contribution in [0.2, 0.25) is 33.2 Å². The second-order valence-corrected chi connectivity index (χ2v) is 38.2. The highest BCUT2D eigenvalue weighted by atomic mass is 35.6. The number of hydrogen-bond acceptors (Lipinski definition) is 0. The van der Waals surface area contributed by atoms with Crippen molar-refractivity contribution in [3.8, 4) is 0 Å². The van der Waals surface area contributed by atoms with Crippen molar-refractivity contribution in [3.05, 3.63) is 0 Å². The van der Waals surface area contributed by atoms with Crippen LogP contribution in [0.1, 0.15) is 83.1 Å². The summed E-state index contributed by atoms with van der Waals surface area (Å²) in [4.78, 5) is 0. The molecule has 23 heavy (non-hydrogen) atoms. The van der Waals surface area contributed by atoms with E-state index >= 15 is 0 Å². The highest BCUT2D eigenvalue weighted by Gasteiger charge is 2.72. The van der Waals surface area contributed by atoms with Crippen molar-refractivity contribution in [1.29, 1.82) is 0 Å². The van der Waals surface area contributed by atoms with Crippen molar-refractivity contribution >= 4 is 43.1 Å². The van der Waals surface area contributed by atoms with Gasteiger partial charge in [-0.05, 0) is 22.2 Å². The fourth-order valence-corrected chi connectivity index (χ4v) is 75.0. The van der Waals surface area contributed by atoms with Crippen LogP contribution in [0.5, 0.6) is 0 Å². The predicted molar refractivity (Wildman–Crippen MR) is 120 cm³/mol. The molecule has 0 heterocycles. The standard InChI is InChI=1S/C18H42Cl2Si3/c1-13(2)21(19,14(3)4)23(17(9)10,18(11)12)22(20,15(5)6)16(7)8/h13-18H,1-12H3. The molecule has 0 aromatic carbocycles. The third-order valence-corrected chi connectivity index (χ3v) is 62.0. The lowest BCUT2D eigenvalue weighted by atomic mass is 10.5. The van der Waals surface area contributed by atoms with E-state index in [0.29, 0.717) is 33.2 Å². The van der Waals surface area contributed by atoms with Gasteiger partial charge >= 0.3 is 0 Å². The molecule has 0 aromatic rings. The quantitative estimate of drug-likeness (QED) is 0.277. The first-order valence-corrected chi connectivity index (χ1v) is 20.0. The molecule has 5 heteroatoms. The van der Waals surface area contributed by atoms with Crippen LogP contribution in [0.3, 0.4) is 0 Å². The molecular weight excluding hydrogens is 371 g/mol. The average Bonchev–Trinajstić information content (AvgIpc) is 2.36. The minimum Gasteiger partial charge on any atom is -0.170 e. The summed E-state index contributed by atoms with van der Waals surface area (Å²) in [6, 6.07) is 0. The van der Waals surface area contributed by atoms with E-state index in [1.54, 1.807) is 0 Å². The normalized spacial score (nSPS) is 15.1. The van der Waals surface area contributed by atoms with Crippen LogP contribution < -0.4 is 0 Å². The molecule has 0 aliphatic rings. The highest BCUT2D eigenvalue weighted by Crippen LogP contribution is 2.61. The van der Waals surface area contributed by atoms with E-state index in [1.807, 2.05) is 0 Å². The van der Waals surface area contributed by atoms with Crippen LogP contribution in [0.25, 0.3) is 0 Å². The molecule has 0 rings (SSSR count). The number of halogens is 2. The van der Waals surface area contributed by atoms with E-state index in [1.165, 1.54) is 0 Å². The molecule has 0 aliphatic carbocycles. The molecule has 0 N–H and O–H groups in total. The molecular formula is C18H42Cl2Si3. The second-order valence-electron chi connectivity index (χ2n) is 9.33. The van der Waals surface area contributed by atoms with Gasteiger partial charge in [-0.1, -0.05) is 94.2 Å². The Hall–Kier alpha value is 1.23. The molecule has 0 unspecified atom stereocenters. The van der Waals surface area contributed by atoms with Gasteiger partial charge in [0.25, 0.3) is 0 Å². The molecule has 0 fully saturated rings. The third-order valence-electron chi connectivity index (χ3n) is 6.45. The minimum absolute atomic E-state index is 0.587. The molecule has 0 atom stereocenters. The lowest BCUT2D eigenvalue weighted by molar-refractivity contribution is 0.873. The van der Waals surface area contributed by atoms with Crippen molar-refractivity contribution in [1.82, 2.24) is 0 Å². The van der Waals surface area contributed by atoms with E-state index in [-0.39, 0.29) is 0 Å². The van der Waals surface area contributed by atoms with Gasteiger partial charge in [-0.15, -0.1) is 0 Å². The minimum atomic E-state index is -2.03. The van der Waals surface area contributed by atoms with Gasteiger partial charge in [-0.3, -0.25) is 0 Å². The summed E-state index contributed by atoms with van der Waals surface area (Å²) in [5, 5.41) is 0. The van der Waals surface area contributed by atoms with Crippen molar-refractivity contribution in [3.63, 3.8) is 0 Å². The first kappa shape index (κ1) is 24.2. The summed E-state index contributed by atoms with van der Waals surface area (Å²) in [5.74, 6) is 0. The molecule has 0 saturated carbocycles. The fraction of sp³-hybridized carbons (Fsp3) is 1.00. The Morgan fingerprint density at radius 3 is 0.652 bits per heavy atom. The zero-order chi connectivity index (χ0) is 19.0. The van der Waals surface area contributed by atoms with E-state index in [9.17, 15) is 0 Å². The van der Waals surface area contributed by atoms with Crippen molar-refractivity contribution in [2.75, 3.05) is 0 Å². The summed E-state index contributed by atoms with van der Waals surface area (Å²) in [7, 11) is -1.90. The summed E-state index contributed by atoms with van der Waals surface area (Å²) >= 11 is 15.7. The molecule has 0 saturated heterocycles. The first-order chi connectivity index (χ1) is 10.2. The summed E-state index contributed by atoms with van der Waals surface area (Å²) in [5.41, 5.74) is 3.66.